The van der Waals surface area contributed by atoms with Gasteiger partial charge in [0.25, 0.3) is 0 Å². The Balaban J connectivity index is 2.62. The third kappa shape index (κ3) is 4.76. The largest absolute Gasteiger partial charge is 0.320 e. The molecule has 0 bridgehead atoms. The third-order valence-corrected chi connectivity index (χ3v) is 3.57. The normalized spacial score (nSPS) is 14.3. The van der Waals surface area contributed by atoms with Crippen molar-refractivity contribution in [1.29, 1.82) is 0 Å². The predicted octanol–water partition coefficient (Wildman–Crippen LogP) is 1.85. The first-order chi connectivity index (χ1) is 8.40. The molecular formula is C12H17ClN2O2S. The number of nitrogens with one attached hydrogen (secondary N) is 1. The second-order valence-corrected chi connectivity index (χ2v) is 6.08. The Morgan fingerprint density at radius 2 is 2.17 bits per heavy atom. The van der Waals surface area contributed by atoms with Crippen LogP contribution in [0.25, 0.3) is 0 Å². The van der Waals surface area contributed by atoms with E-state index in [9.17, 15) is 9.00 Å². The third-order valence-electron chi connectivity index (χ3n) is 2.27. The van der Waals surface area contributed by atoms with Crippen molar-refractivity contribution in [3.63, 3.8) is 0 Å². The van der Waals surface area contributed by atoms with Gasteiger partial charge < -0.3 is 5.73 Å². The highest BCUT2D eigenvalue weighted by Crippen LogP contribution is 2.13. The van der Waals surface area contributed by atoms with Gasteiger partial charge in [-0.3, -0.25) is 9.52 Å². The van der Waals surface area contributed by atoms with Crippen molar-refractivity contribution in [3.8, 4) is 0 Å². The van der Waals surface area contributed by atoms with E-state index in [1.807, 2.05) is 13.8 Å². The number of nitrogens with two attached hydrogens (primary N) is 1. The first-order valence-electron chi connectivity index (χ1n) is 5.63. The van der Waals surface area contributed by atoms with E-state index in [4.69, 9.17) is 17.3 Å². The smallest absolute Gasteiger partial charge is 0.248 e. The summed E-state index contributed by atoms with van der Waals surface area (Å²) in [7, 11) is -1.62. The molecule has 0 heterocycles. The molecule has 1 rings (SSSR count). The number of rotatable bonds is 5. The fourth-order valence-electron chi connectivity index (χ4n) is 1.42. The summed E-state index contributed by atoms with van der Waals surface area (Å²) in [5.41, 5.74) is 5.70. The van der Waals surface area contributed by atoms with E-state index in [-0.39, 0.29) is 0 Å². The van der Waals surface area contributed by atoms with Gasteiger partial charge in [0.2, 0.25) is 5.91 Å². The average molecular weight is 289 g/mol. The van der Waals surface area contributed by atoms with Gasteiger partial charge in [-0.15, -0.1) is 0 Å². The van der Waals surface area contributed by atoms with Crippen LogP contribution in [0.4, 0.5) is 0 Å². The van der Waals surface area contributed by atoms with E-state index >= 15 is 0 Å². The maximum absolute atomic E-state index is 11.9. The van der Waals surface area contributed by atoms with Crippen molar-refractivity contribution >= 4 is 28.5 Å². The molecule has 1 amide bonds. The number of benzene rings is 1. The Morgan fingerprint density at radius 3 is 2.72 bits per heavy atom. The molecule has 1 aromatic carbocycles. The van der Waals surface area contributed by atoms with Crippen LogP contribution < -0.4 is 10.5 Å². The average Bonchev–Trinajstić information content (AvgIpc) is 2.27. The van der Waals surface area contributed by atoms with Crippen molar-refractivity contribution in [3.05, 3.63) is 29.3 Å². The van der Waals surface area contributed by atoms with Gasteiger partial charge in [0.15, 0.2) is 11.0 Å². The minimum Gasteiger partial charge on any atom is -0.320 e. The molecule has 0 fully saturated rings. The zero-order valence-electron chi connectivity index (χ0n) is 10.4. The molecule has 3 N–H and O–H groups in total. The highest BCUT2D eigenvalue weighted by atomic mass is 35.5. The van der Waals surface area contributed by atoms with E-state index in [0.29, 0.717) is 22.3 Å². The number of hydrogen-bond donors (Lipinski definition) is 2. The highest BCUT2D eigenvalue weighted by molar-refractivity contribution is 7.83. The van der Waals surface area contributed by atoms with Crippen LogP contribution in [0.3, 0.4) is 0 Å². The molecule has 0 radical (unpaired) electrons. The Kier molecular flexibility index (Phi) is 5.78. The summed E-state index contributed by atoms with van der Waals surface area (Å²) in [5, 5.41) is 0.474. The molecule has 0 spiro atoms. The van der Waals surface area contributed by atoms with Crippen LogP contribution in [0.15, 0.2) is 29.2 Å². The molecule has 18 heavy (non-hydrogen) atoms. The summed E-state index contributed by atoms with van der Waals surface area (Å²) < 4.78 is 14.2. The number of hydrogen-bond acceptors (Lipinski definition) is 3. The molecule has 0 aliphatic heterocycles. The Labute approximate surface area is 114 Å². The molecule has 0 saturated carbocycles. The lowest BCUT2D eigenvalue weighted by atomic mass is 10.0. The fraction of sp³-hybridized carbons (Fsp3) is 0.417. The molecule has 0 aromatic heterocycles. The first kappa shape index (κ1) is 15.1. The van der Waals surface area contributed by atoms with Gasteiger partial charge in [0.05, 0.1) is 10.9 Å². The number of halogens is 1. The van der Waals surface area contributed by atoms with Crippen molar-refractivity contribution in [2.75, 3.05) is 0 Å². The lowest BCUT2D eigenvalue weighted by molar-refractivity contribution is -0.120. The van der Waals surface area contributed by atoms with Crippen LogP contribution in [-0.4, -0.2) is 16.2 Å². The van der Waals surface area contributed by atoms with Crippen LogP contribution >= 0.6 is 11.6 Å². The molecule has 6 heteroatoms. The van der Waals surface area contributed by atoms with Crippen LogP contribution in [0.5, 0.6) is 0 Å². The molecular weight excluding hydrogens is 272 g/mol. The van der Waals surface area contributed by atoms with Crippen molar-refractivity contribution < 1.29 is 9.00 Å². The maximum atomic E-state index is 11.9. The van der Waals surface area contributed by atoms with Gasteiger partial charge in [-0.1, -0.05) is 31.5 Å². The Morgan fingerprint density at radius 1 is 1.50 bits per heavy atom. The molecule has 0 aliphatic rings. The molecule has 0 aliphatic carbocycles. The quantitative estimate of drug-likeness (QED) is 0.868. The zero-order valence-corrected chi connectivity index (χ0v) is 11.9. The Hall–Kier alpha value is -0.910. The first-order valence-corrected chi connectivity index (χ1v) is 7.16. The molecule has 0 saturated heterocycles. The lowest BCUT2D eigenvalue weighted by Crippen LogP contribution is -2.42. The molecule has 100 valence electrons. The topological polar surface area (TPSA) is 72.2 Å². The van der Waals surface area contributed by atoms with E-state index in [0.717, 1.165) is 0 Å². The monoisotopic (exact) mass is 288 g/mol. The van der Waals surface area contributed by atoms with E-state index in [1.54, 1.807) is 24.3 Å². The second-order valence-electron chi connectivity index (χ2n) is 4.43. The number of amides is 1. The molecule has 4 nitrogen and oxygen atoms in total. The minimum absolute atomic E-state index is 0.311. The summed E-state index contributed by atoms with van der Waals surface area (Å²) in [4.78, 5) is 12.1. The van der Waals surface area contributed by atoms with Gasteiger partial charge in [0.1, 0.15) is 0 Å². The van der Waals surface area contributed by atoms with Crippen LogP contribution in [0.1, 0.15) is 20.3 Å². The van der Waals surface area contributed by atoms with Gasteiger partial charge >= 0.3 is 0 Å². The summed E-state index contributed by atoms with van der Waals surface area (Å²) in [6.07, 6.45) is 0.554. The summed E-state index contributed by atoms with van der Waals surface area (Å²) in [6.45, 7) is 3.95. The Bertz CT molecular complexity index is 451. The van der Waals surface area contributed by atoms with Gasteiger partial charge in [-0.2, -0.15) is 0 Å². The van der Waals surface area contributed by atoms with Crippen molar-refractivity contribution in [1.82, 2.24) is 4.72 Å². The standard InChI is InChI=1S/C12H17ClN2O2S/c1-8(2)6-11(14)12(16)15-18(17)10-5-3-4-9(13)7-10/h3-5,7-8,11H,6,14H2,1-2H3,(H,15,16). The number of carbonyl (C=O) groups excluding carboxylic acids is 1. The summed E-state index contributed by atoms with van der Waals surface area (Å²) in [5.74, 6) is -0.104. The maximum Gasteiger partial charge on any atom is 0.248 e. The lowest BCUT2D eigenvalue weighted by Gasteiger charge is -2.13. The van der Waals surface area contributed by atoms with E-state index in [2.05, 4.69) is 4.72 Å². The van der Waals surface area contributed by atoms with Crippen LogP contribution in [-0.2, 0) is 15.8 Å². The SMILES string of the molecule is CC(C)CC(N)C(=O)NS(=O)c1cccc(Cl)c1. The molecule has 1 aromatic rings. The molecule has 2 atom stereocenters. The van der Waals surface area contributed by atoms with Gasteiger partial charge in [-0.05, 0) is 30.5 Å². The fourth-order valence-corrected chi connectivity index (χ4v) is 2.57. The van der Waals surface area contributed by atoms with Crippen LogP contribution in [0.2, 0.25) is 5.02 Å². The minimum atomic E-state index is -1.62. The van der Waals surface area contributed by atoms with Crippen molar-refractivity contribution in [2.24, 2.45) is 11.7 Å². The summed E-state index contributed by atoms with van der Waals surface area (Å²) in [6, 6.07) is 5.89. The summed E-state index contributed by atoms with van der Waals surface area (Å²) >= 11 is 5.79. The predicted molar refractivity (Wildman–Crippen MR) is 73.4 cm³/mol. The van der Waals surface area contributed by atoms with E-state index in [1.165, 1.54) is 0 Å². The zero-order chi connectivity index (χ0) is 13.7. The van der Waals surface area contributed by atoms with Gasteiger partial charge in [-0.25, -0.2) is 4.21 Å². The second kappa shape index (κ2) is 6.87. The number of carbonyl (C=O) groups is 1. The highest BCUT2D eigenvalue weighted by Gasteiger charge is 2.17. The van der Waals surface area contributed by atoms with Crippen LogP contribution in [0, 0.1) is 5.92 Å². The molecule has 2 unspecified atom stereocenters. The van der Waals surface area contributed by atoms with Crippen molar-refractivity contribution in [2.45, 2.75) is 31.2 Å². The van der Waals surface area contributed by atoms with Gasteiger partial charge in [0, 0.05) is 5.02 Å². The van der Waals surface area contributed by atoms with E-state index < -0.39 is 22.9 Å².